The fourth-order valence-corrected chi connectivity index (χ4v) is 3.12. The van der Waals surface area contributed by atoms with E-state index in [0.717, 1.165) is 28.6 Å². The lowest BCUT2D eigenvalue weighted by molar-refractivity contribution is 0.260. The number of hydrogen-bond donors (Lipinski definition) is 0. The number of nitrogens with zero attached hydrogens (tertiary/aromatic N) is 5. The van der Waals surface area contributed by atoms with Crippen molar-refractivity contribution in [2.75, 3.05) is 19.6 Å². The molecule has 1 aliphatic rings. The van der Waals surface area contributed by atoms with Gasteiger partial charge in [0.15, 0.2) is 0 Å². The van der Waals surface area contributed by atoms with Crippen LogP contribution in [0.4, 0.5) is 0 Å². The Morgan fingerprint density at radius 2 is 1.79 bits per heavy atom. The van der Waals surface area contributed by atoms with Gasteiger partial charge in [0.1, 0.15) is 0 Å². The van der Waals surface area contributed by atoms with E-state index in [0.29, 0.717) is 5.41 Å². The van der Waals surface area contributed by atoms with E-state index >= 15 is 0 Å². The number of aryl methyl sites for hydroxylation is 3. The summed E-state index contributed by atoms with van der Waals surface area (Å²) in [5.41, 5.74) is 4.33. The predicted molar refractivity (Wildman–Crippen MR) is 119 cm³/mol. The van der Waals surface area contributed by atoms with Crippen LogP contribution in [0.25, 0.3) is 11.3 Å². The highest BCUT2D eigenvalue weighted by Gasteiger charge is 2.20. The van der Waals surface area contributed by atoms with Crippen molar-refractivity contribution in [1.29, 1.82) is 0 Å². The molecule has 3 rings (SSSR count). The second-order valence-electron chi connectivity index (χ2n) is 8.87. The van der Waals surface area contributed by atoms with Crippen LogP contribution >= 0.6 is 0 Å². The lowest BCUT2D eigenvalue weighted by Gasteiger charge is -2.22. The van der Waals surface area contributed by atoms with Gasteiger partial charge in [-0.05, 0) is 63.2 Å². The second kappa shape index (κ2) is 11.3. The summed E-state index contributed by atoms with van der Waals surface area (Å²) in [5, 5.41) is 12.4. The Morgan fingerprint density at radius 3 is 2.21 bits per heavy atom. The van der Waals surface area contributed by atoms with E-state index in [1.807, 2.05) is 53.1 Å². The van der Waals surface area contributed by atoms with Crippen LogP contribution in [0, 0.1) is 25.2 Å². The minimum absolute atomic E-state index is 0.506. The number of rotatable bonds is 3. The third-order valence-electron chi connectivity index (χ3n) is 4.77. The van der Waals surface area contributed by atoms with Gasteiger partial charge in [-0.25, -0.2) is 0 Å². The molecule has 2 aromatic rings. The van der Waals surface area contributed by atoms with E-state index in [1.165, 1.54) is 32.5 Å². The lowest BCUT2D eigenvalue weighted by Crippen LogP contribution is -2.25. The van der Waals surface area contributed by atoms with Gasteiger partial charge in [-0.15, -0.1) is 0 Å². The smallest absolute Gasteiger partial charge is 0.0964 e. The Morgan fingerprint density at radius 1 is 1.11 bits per heavy atom. The Kier molecular flexibility index (Phi) is 9.80. The topological polar surface area (TPSA) is 46.8 Å². The van der Waals surface area contributed by atoms with Crippen LogP contribution < -0.4 is 0 Å². The van der Waals surface area contributed by atoms with Gasteiger partial charge in [0.25, 0.3) is 0 Å². The Hall–Kier alpha value is -1.75. The first kappa shape index (κ1) is 24.3. The first-order valence-electron chi connectivity index (χ1n) is 10.7. The summed E-state index contributed by atoms with van der Waals surface area (Å²) >= 11 is 0. The van der Waals surface area contributed by atoms with E-state index < -0.39 is 0 Å². The van der Waals surface area contributed by atoms with Gasteiger partial charge in [-0.3, -0.25) is 4.68 Å². The van der Waals surface area contributed by atoms with Crippen LogP contribution in [-0.2, 0) is 7.05 Å². The molecule has 5 heteroatoms. The molecule has 28 heavy (non-hydrogen) atoms. The highest BCUT2D eigenvalue weighted by molar-refractivity contribution is 5.60. The zero-order valence-corrected chi connectivity index (χ0v) is 19.6. The molecule has 0 spiro atoms. The molecule has 1 atom stereocenters. The maximum Gasteiger partial charge on any atom is 0.0964 e. The van der Waals surface area contributed by atoms with Crippen molar-refractivity contribution in [3.05, 3.63) is 29.7 Å². The zero-order valence-electron chi connectivity index (χ0n) is 19.6. The molecule has 2 aromatic heterocycles. The maximum atomic E-state index is 4.26. The maximum absolute atomic E-state index is 4.26. The number of likely N-dealkylation sites (tertiary alicyclic amines) is 1. The van der Waals surface area contributed by atoms with Crippen molar-refractivity contribution in [2.24, 2.45) is 18.4 Å². The highest BCUT2D eigenvalue weighted by atomic mass is 15.3. The van der Waals surface area contributed by atoms with Gasteiger partial charge < -0.3 is 4.90 Å². The molecule has 1 unspecified atom stereocenters. The monoisotopic (exact) mass is 387 g/mol. The molecular weight excluding hydrogens is 346 g/mol. The van der Waals surface area contributed by atoms with E-state index in [4.69, 9.17) is 0 Å². The van der Waals surface area contributed by atoms with Crippen molar-refractivity contribution < 1.29 is 0 Å². The van der Waals surface area contributed by atoms with Gasteiger partial charge in [-0.2, -0.15) is 15.3 Å². The lowest BCUT2D eigenvalue weighted by atomic mass is 9.92. The van der Waals surface area contributed by atoms with E-state index in [-0.39, 0.29) is 0 Å². The average molecular weight is 388 g/mol. The molecule has 0 amide bonds. The largest absolute Gasteiger partial charge is 0.303 e. The van der Waals surface area contributed by atoms with E-state index in [1.54, 1.807) is 4.68 Å². The summed E-state index contributed by atoms with van der Waals surface area (Å²) < 4.78 is 1.78. The SMILES string of the molecule is CC.CC1CCN(CCC(C)(C)C)C1.Cc1ccc(-c2cn(C)nc2C)nn1. The second-order valence-corrected chi connectivity index (χ2v) is 8.87. The summed E-state index contributed by atoms with van der Waals surface area (Å²) in [5.74, 6) is 0.935. The molecule has 1 fully saturated rings. The van der Waals surface area contributed by atoms with Gasteiger partial charge in [0.2, 0.25) is 0 Å². The van der Waals surface area contributed by atoms with Crippen LogP contribution in [0.5, 0.6) is 0 Å². The van der Waals surface area contributed by atoms with Gasteiger partial charge in [-0.1, -0.05) is 41.5 Å². The minimum atomic E-state index is 0.506. The zero-order chi connectivity index (χ0) is 21.3. The Balaban J connectivity index is 0.000000260. The molecule has 1 aliphatic heterocycles. The number of aromatic nitrogens is 4. The summed E-state index contributed by atoms with van der Waals surface area (Å²) in [7, 11) is 1.90. The van der Waals surface area contributed by atoms with Gasteiger partial charge in [0.05, 0.1) is 17.1 Å². The fourth-order valence-electron chi connectivity index (χ4n) is 3.12. The van der Waals surface area contributed by atoms with Gasteiger partial charge in [0, 0.05) is 25.4 Å². The van der Waals surface area contributed by atoms with E-state index in [2.05, 4.69) is 47.9 Å². The molecule has 5 nitrogen and oxygen atoms in total. The van der Waals surface area contributed by atoms with Crippen molar-refractivity contribution in [1.82, 2.24) is 24.9 Å². The molecule has 3 heterocycles. The predicted octanol–water partition coefficient (Wildman–Crippen LogP) is 5.28. The normalized spacial score (nSPS) is 16.8. The molecule has 0 bridgehead atoms. The van der Waals surface area contributed by atoms with Gasteiger partial charge >= 0.3 is 0 Å². The molecular formula is C23H41N5. The molecule has 1 saturated heterocycles. The van der Waals surface area contributed by atoms with Crippen LogP contribution in [0.1, 0.15) is 65.8 Å². The highest BCUT2D eigenvalue weighted by Crippen LogP contribution is 2.22. The minimum Gasteiger partial charge on any atom is -0.303 e. The first-order valence-corrected chi connectivity index (χ1v) is 10.7. The summed E-state index contributed by atoms with van der Waals surface area (Å²) in [6, 6.07) is 3.92. The van der Waals surface area contributed by atoms with Crippen LogP contribution in [0.15, 0.2) is 18.3 Å². The van der Waals surface area contributed by atoms with Crippen molar-refractivity contribution in [3.63, 3.8) is 0 Å². The molecule has 0 N–H and O–H groups in total. The van der Waals surface area contributed by atoms with Crippen LogP contribution in [0.2, 0.25) is 0 Å². The summed E-state index contributed by atoms with van der Waals surface area (Å²) in [4.78, 5) is 2.61. The molecule has 0 aromatic carbocycles. The first-order chi connectivity index (χ1) is 13.1. The van der Waals surface area contributed by atoms with Crippen molar-refractivity contribution >= 4 is 0 Å². The standard InChI is InChI=1S/C11H23N.C10H12N4.C2H6/c1-10-5-7-12(9-10)8-6-11(2,3)4;1-7-4-5-10(12-11-7)9-6-14(3)13-8(9)2;1-2/h10H,5-9H2,1-4H3;4-6H,1-3H3;1-2H3. The summed E-state index contributed by atoms with van der Waals surface area (Å²) in [6.45, 7) is 21.2. The van der Waals surface area contributed by atoms with Crippen molar-refractivity contribution in [3.8, 4) is 11.3 Å². The van der Waals surface area contributed by atoms with Crippen LogP contribution in [-0.4, -0.2) is 44.5 Å². The average Bonchev–Trinajstić information content (AvgIpc) is 3.20. The fraction of sp³-hybridized carbons (Fsp3) is 0.696. The molecule has 0 radical (unpaired) electrons. The Labute approximate surface area is 172 Å². The number of hydrogen-bond acceptors (Lipinski definition) is 4. The van der Waals surface area contributed by atoms with E-state index in [9.17, 15) is 0 Å². The Bertz CT molecular complexity index is 682. The quantitative estimate of drug-likeness (QED) is 0.718. The third kappa shape index (κ3) is 8.51. The van der Waals surface area contributed by atoms with Crippen LogP contribution in [0.3, 0.4) is 0 Å². The molecule has 158 valence electrons. The van der Waals surface area contributed by atoms with Crippen molar-refractivity contribution in [2.45, 2.75) is 68.2 Å². The summed E-state index contributed by atoms with van der Waals surface area (Å²) in [6.07, 6.45) is 4.69. The third-order valence-corrected chi connectivity index (χ3v) is 4.77. The molecule has 0 saturated carbocycles. The molecule has 0 aliphatic carbocycles.